The topological polar surface area (TPSA) is 66.5 Å². The number of carbonyl (C=O) groups excluding carboxylic acids is 3. The summed E-state index contributed by atoms with van der Waals surface area (Å²) in [4.78, 5) is 41.6. The first-order valence-corrected chi connectivity index (χ1v) is 14.9. The first-order chi connectivity index (χ1) is 20.2. The molecule has 8 rings (SSSR count). The number of hydrogen-bond acceptors (Lipinski definition) is 3. The van der Waals surface area contributed by atoms with E-state index in [-0.39, 0.29) is 6.42 Å². The van der Waals surface area contributed by atoms with E-state index in [0.29, 0.717) is 33.0 Å². The van der Waals surface area contributed by atoms with Crippen molar-refractivity contribution in [3.63, 3.8) is 0 Å². The molecule has 0 unspecified atom stereocenters. The van der Waals surface area contributed by atoms with Crippen molar-refractivity contribution in [2.75, 3.05) is 5.32 Å². The number of benzene rings is 4. The molecule has 1 aliphatic heterocycles. The molecule has 4 aliphatic rings. The van der Waals surface area contributed by atoms with Gasteiger partial charge in [0.25, 0.3) is 0 Å². The van der Waals surface area contributed by atoms with Crippen LogP contribution in [0, 0.1) is 18.8 Å². The summed E-state index contributed by atoms with van der Waals surface area (Å²) in [6.45, 7) is 1.86. The van der Waals surface area contributed by atoms with Crippen LogP contribution in [0.4, 0.5) is 5.69 Å². The van der Waals surface area contributed by atoms with Gasteiger partial charge in [0.05, 0.1) is 11.8 Å². The molecule has 1 saturated heterocycles. The average molecular weight is 616 g/mol. The first kappa shape index (κ1) is 27.2. The maximum Gasteiger partial charge on any atom is 0.248 e. The quantitative estimate of drug-likeness (QED) is 0.199. The molecule has 8 heteroatoms. The van der Waals surface area contributed by atoms with E-state index in [1.165, 1.54) is 0 Å². The lowest BCUT2D eigenvalue weighted by Crippen LogP contribution is -2.57. The van der Waals surface area contributed by atoms with Gasteiger partial charge in [-0.1, -0.05) is 96.5 Å². The number of nitrogens with zero attached hydrogens (tertiary/aromatic N) is 1. The van der Waals surface area contributed by atoms with Gasteiger partial charge in [-0.05, 0) is 52.4 Å². The van der Waals surface area contributed by atoms with Gasteiger partial charge in [-0.25, -0.2) is 0 Å². The summed E-state index contributed by atoms with van der Waals surface area (Å²) in [5, 5.41) is 3.38. The van der Waals surface area contributed by atoms with Gasteiger partial charge in [0, 0.05) is 17.1 Å². The van der Waals surface area contributed by atoms with Crippen molar-refractivity contribution in [3.8, 4) is 0 Å². The molecule has 0 spiro atoms. The summed E-state index contributed by atoms with van der Waals surface area (Å²) in [7, 11) is 0. The van der Waals surface area contributed by atoms with Crippen molar-refractivity contribution in [1.82, 2.24) is 4.90 Å². The molecule has 5 nitrogen and oxygen atoms in total. The second-order valence-electron chi connectivity index (χ2n) is 11.2. The molecule has 3 atom stereocenters. The van der Waals surface area contributed by atoms with Crippen LogP contribution in [-0.4, -0.2) is 28.7 Å². The highest BCUT2D eigenvalue weighted by molar-refractivity contribution is 6.36. The highest BCUT2D eigenvalue weighted by atomic mass is 35.5. The zero-order valence-corrected chi connectivity index (χ0v) is 24.8. The fourth-order valence-corrected chi connectivity index (χ4v) is 8.31. The summed E-state index contributed by atoms with van der Waals surface area (Å²) < 4.78 is 0. The van der Waals surface area contributed by atoms with Gasteiger partial charge in [0.1, 0.15) is 15.8 Å². The summed E-state index contributed by atoms with van der Waals surface area (Å²) in [6.07, 6.45) is 0.119. The van der Waals surface area contributed by atoms with Crippen LogP contribution in [-0.2, 0) is 30.6 Å². The third-order valence-corrected chi connectivity index (χ3v) is 10.6. The van der Waals surface area contributed by atoms with E-state index in [0.717, 1.165) is 16.0 Å². The van der Waals surface area contributed by atoms with Crippen molar-refractivity contribution >= 4 is 58.2 Å². The Kier molecular flexibility index (Phi) is 6.28. The Morgan fingerprint density at radius 3 is 1.74 bits per heavy atom. The van der Waals surface area contributed by atoms with E-state index in [1.54, 1.807) is 18.2 Å². The third kappa shape index (κ3) is 3.67. The fourth-order valence-electron chi connectivity index (χ4n) is 7.03. The molecule has 3 aliphatic carbocycles. The van der Waals surface area contributed by atoms with Gasteiger partial charge in [-0.3, -0.25) is 19.3 Å². The molecule has 1 heterocycles. The Morgan fingerprint density at radius 2 is 1.26 bits per heavy atom. The second kappa shape index (κ2) is 9.70. The van der Waals surface area contributed by atoms with E-state index in [4.69, 9.17) is 34.8 Å². The minimum absolute atomic E-state index is 0.119. The largest absolute Gasteiger partial charge is 0.324 e. The minimum Gasteiger partial charge on any atom is -0.324 e. The van der Waals surface area contributed by atoms with Gasteiger partial charge in [0.15, 0.2) is 0 Å². The van der Waals surface area contributed by atoms with E-state index < -0.39 is 45.3 Å². The van der Waals surface area contributed by atoms with Crippen LogP contribution >= 0.6 is 34.8 Å². The van der Waals surface area contributed by atoms with Gasteiger partial charge >= 0.3 is 0 Å². The molecular formula is C34H25Cl3N2O3. The summed E-state index contributed by atoms with van der Waals surface area (Å²) in [6, 6.07) is 28.3. The van der Waals surface area contributed by atoms with Crippen LogP contribution < -0.4 is 5.32 Å². The van der Waals surface area contributed by atoms with Crippen molar-refractivity contribution in [3.05, 3.63) is 135 Å². The van der Waals surface area contributed by atoms with E-state index in [1.807, 2.05) is 85.8 Å². The third-order valence-electron chi connectivity index (χ3n) is 8.94. The van der Waals surface area contributed by atoms with Gasteiger partial charge in [-0.2, -0.15) is 0 Å². The number of likely N-dealkylation sites (tertiary alicyclic amines) is 1. The fraction of sp³-hybridized carbons (Fsp3) is 0.206. The van der Waals surface area contributed by atoms with Crippen LogP contribution in [0.3, 0.4) is 0 Å². The molecule has 210 valence electrons. The molecule has 0 saturated carbocycles. The maximum absolute atomic E-state index is 14.6. The number of halogens is 3. The molecule has 1 fully saturated rings. The lowest BCUT2D eigenvalue weighted by atomic mass is 9.54. The van der Waals surface area contributed by atoms with Crippen molar-refractivity contribution in [2.24, 2.45) is 11.8 Å². The normalized spacial score (nSPS) is 26.0. The number of rotatable bonds is 5. The lowest BCUT2D eigenvalue weighted by Gasteiger charge is -2.54. The number of anilines is 1. The SMILES string of the molecule is Cc1ccc(NC(=O)[C@H](Cc2ccccc2)N2C(=O)[C@H]3[C@H](C2=O)C2(Cl)c4ccccc4C3(Cl)c3ccccc32)cc1Cl. The second-order valence-corrected chi connectivity index (χ2v) is 12.8. The van der Waals surface area contributed by atoms with Crippen LogP contribution in [0.2, 0.25) is 5.02 Å². The van der Waals surface area contributed by atoms with Gasteiger partial charge in [0.2, 0.25) is 17.7 Å². The number of alkyl halides is 2. The number of amides is 3. The molecular weight excluding hydrogens is 591 g/mol. The first-order valence-electron chi connectivity index (χ1n) is 13.7. The lowest BCUT2D eigenvalue weighted by molar-refractivity contribution is -0.146. The van der Waals surface area contributed by atoms with Crippen LogP contribution in [0.15, 0.2) is 97.1 Å². The average Bonchev–Trinajstić information content (AvgIpc) is 3.27. The molecule has 4 aromatic rings. The number of aryl methyl sites for hydroxylation is 1. The molecule has 42 heavy (non-hydrogen) atoms. The number of imide groups is 1. The zero-order valence-electron chi connectivity index (χ0n) is 22.5. The zero-order chi connectivity index (χ0) is 29.4. The highest BCUT2D eigenvalue weighted by Gasteiger charge is 2.73. The molecule has 0 radical (unpaired) electrons. The number of carbonyl (C=O) groups is 3. The Balaban J connectivity index is 1.36. The van der Waals surface area contributed by atoms with Crippen LogP contribution in [0.25, 0.3) is 0 Å². The Morgan fingerprint density at radius 1 is 0.786 bits per heavy atom. The summed E-state index contributed by atoms with van der Waals surface area (Å²) >= 11 is 21.5. The monoisotopic (exact) mass is 614 g/mol. The minimum atomic E-state index is -1.33. The summed E-state index contributed by atoms with van der Waals surface area (Å²) in [5.74, 6) is -3.50. The predicted molar refractivity (Wildman–Crippen MR) is 164 cm³/mol. The Bertz CT molecular complexity index is 1670. The standard InChI is InChI=1S/C34H25Cl3N2O3/c1-19-15-16-21(18-26(19)35)38-30(40)27(17-20-9-3-2-4-10-20)39-31(41)28-29(32(39)42)34(37)23-12-6-5-11-22(23)33(28,36)24-13-7-8-14-25(24)34/h2-16,18,27-29H,17H2,1H3,(H,38,40)/t27-,28+,29+,33?,34?/m0/s1. The maximum atomic E-state index is 14.6. The summed E-state index contributed by atoms with van der Waals surface area (Å²) in [5.41, 5.74) is 4.97. The molecule has 0 aromatic heterocycles. The number of nitrogens with one attached hydrogen (secondary N) is 1. The van der Waals surface area contributed by atoms with E-state index in [2.05, 4.69) is 5.32 Å². The van der Waals surface area contributed by atoms with E-state index >= 15 is 0 Å². The number of hydrogen-bond donors (Lipinski definition) is 1. The van der Waals surface area contributed by atoms with Crippen molar-refractivity contribution < 1.29 is 14.4 Å². The van der Waals surface area contributed by atoms with Crippen LogP contribution in [0.5, 0.6) is 0 Å². The van der Waals surface area contributed by atoms with Gasteiger partial charge < -0.3 is 5.32 Å². The predicted octanol–water partition coefficient (Wildman–Crippen LogP) is 6.79. The Labute approximate surface area is 258 Å². The molecule has 3 amide bonds. The molecule has 4 aromatic carbocycles. The highest BCUT2D eigenvalue weighted by Crippen LogP contribution is 2.69. The van der Waals surface area contributed by atoms with Crippen molar-refractivity contribution in [1.29, 1.82) is 0 Å². The Hall–Kier alpha value is -3.64. The van der Waals surface area contributed by atoms with Gasteiger partial charge in [-0.15, -0.1) is 23.2 Å². The smallest absolute Gasteiger partial charge is 0.248 e. The van der Waals surface area contributed by atoms with E-state index in [9.17, 15) is 14.4 Å². The molecule has 2 bridgehead atoms. The molecule has 1 N–H and O–H groups in total. The van der Waals surface area contributed by atoms with Crippen molar-refractivity contribution in [2.45, 2.75) is 29.1 Å². The van der Waals surface area contributed by atoms with Crippen LogP contribution in [0.1, 0.15) is 33.4 Å².